The van der Waals surface area contributed by atoms with E-state index in [1.807, 2.05) is 42.5 Å². The number of carbonyl (C=O) groups excluding carboxylic acids is 2. The summed E-state index contributed by atoms with van der Waals surface area (Å²) >= 11 is 0. The minimum Gasteiger partial charge on any atom is -0.486 e. The summed E-state index contributed by atoms with van der Waals surface area (Å²) < 4.78 is 7.92. The molecule has 1 aliphatic rings. The Morgan fingerprint density at radius 1 is 1.02 bits per heavy atom. The first kappa shape index (κ1) is 26.5. The lowest BCUT2D eigenvalue weighted by Gasteiger charge is -2.27. The molecule has 200 valence electrons. The second-order valence-electron chi connectivity index (χ2n) is 9.67. The Balaban J connectivity index is 1.61. The number of carbonyl (C=O) groups is 2. The van der Waals surface area contributed by atoms with Crippen molar-refractivity contribution < 1.29 is 14.3 Å². The van der Waals surface area contributed by atoms with Crippen molar-refractivity contribution in [2.75, 3.05) is 11.9 Å². The second-order valence-corrected chi connectivity index (χ2v) is 9.67. The predicted octanol–water partition coefficient (Wildman–Crippen LogP) is 3.78. The molecule has 9 heteroatoms. The molecule has 9 nitrogen and oxygen atoms in total. The highest BCUT2D eigenvalue weighted by Crippen LogP contribution is 2.36. The molecular weight excluding hydrogens is 504 g/mol. The van der Waals surface area contributed by atoms with Crippen LogP contribution in [0.25, 0.3) is 16.6 Å². The molecular formula is C31H28N6O3. The number of rotatable bonds is 6. The minimum atomic E-state index is -0.920. The molecule has 2 heterocycles. The van der Waals surface area contributed by atoms with Gasteiger partial charge in [0, 0.05) is 5.39 Å². The highest BCUT2D eigenvalue weighted by atomic mass is 16.5. The molecule has 1 aromatic heterocycles. The second kappa shape index (κ2) is 10.9. The van der Waals surface area contributed by atoms with E-state index in [0.29, 0.717) is 28.4 Å². The van der Waals surface area contributed by atoms with Crippen LogP contribution in [-0.2, 0) is 16.1 Å². The summed E-state index contributed by atoms with van der Waals surface area (Å²) in [5.74, 6) is -0.0794. The van der Waals surface area contributed by atoms with E-state index in [4.69, 9.17) is 4.74 Å². The number of hydrogen-bond donors (Lipinski definition) is 2. The van der Waals surface area contributed by atoms with Gasteiger partial charge < -0.3 is 20.3 Å². The highest BCUT2D eigenvalue weighted by Gasteiger charge is 2.38. The smallest absolute Gasteiger partial charge is 0.253 e. The van der Waals surface area contributed by atoms with Crippen LogP contribution in [0.15, 0.2) is 72.8 Å². The van der Waals surface area contributed by atoms with E-state index >= 15 is 0 Å². The quantitative estimate of drug-likeness (QED) is 0.390. The number of fused-ring (bicyclic) bond motifs is 2. The Morgan fingerprint density at radius 2 is 1.75 bits per heavy atom. The summed E-state index contributed by atoms with van der Waals surface area (Å²) in [5, 5.41) is 26.2. The van der Waals surface area contributed by atoms with Crippen LogP contribution in [0.4, 0.5) is 5.69 Å². The molecule has 0 fully saturated rings. The molecule has 3 atom stereocenters. The van der Waals surface area contributed by atoms with Crippen LogP contribution in [0.1, 0.15) is 30.7 Å². The fourth-order valence-corrected chi connectivity index (χ4v) is 4.99. The van der Waals surface area contributed by atoms with Gasteiger partial charge in [0.2, 0.25) is 5.91 Å². The van der Waals surface area contributed by atoms with Crippen LogP contribution in [0.5, 0.6) is 5.75 Å². The SMILES string of the molecule is CN[C@@H](C)C(=O)N[C@@H]1C(=O)N(Cc2cccc3c2cc(C#N)n3-c2ccccc2C#N)c2ccccc2O[C@H]1C. The standard InChI is InChI=1S/C31H28N6O3/c1-19(34-3)30(38)35-29-20(2)40-28-14-7-6-12-27(28)36(31(29)39)18-22-10-8-13-26-24(22)15-23(17-33)37(26)25-11-5-4-9-21(25)16-32/h4-15,19-20,29,34H,18H2,1-3H3,(H,35,38)/t19-,20-,29-/m0/s1. The van der Waals surface area contributed by atoms with Gasteiger partial charge in [0.15, 0.2) is 0 Å². The molecule has 0 saturated heterocycles. The Morgan fingerprint density at radius 3 is 2.48 bits per heavy atom. The topological polar surface area (TPSA) is 123 Å². The number of amides is 2. The number of nitriles is 2. The lowest BCUT2D eigenvalue weighted by molar-refractivity contribution is -0.130. The lowest BCUT2D eigenvalue weighted by Crippen LogP contribution is -2.56. The van der Waals surface area contributed by atoms with Crippen molar-refractivity contribution >= 4 is 28.4 Å². The van der Waals surface area contributed by atoms with Crippen LogP contribution in [0, 0.1) is 22.7 Å². The Labute approximate surface area is 232 Å². The number of likely N-dealkylation sites (N-methyl/N-ethyl adjacent to an activating group) is 1. The average molecular weight is 533 g/mol. The van der Waals surface area contributed by atoms with Gasteiger partial charge in [-0.15, -0.1) is 0 Å². The van der Waals surface area contributed by atoms with Gasteiger partial charge in [0.1, 0.15) is 35.7 Å². The van der Waals surface area contributed by atoms with Crippen LogP contribution in [0.2, 0.25) is 0 Å². The fraction of sp³-hybridized carbons (Fsp3) is 0.226. The maximum absolute atomic E-state index is 14.1. The van der Waals surface area contributed by atoms with E-state index in [1.54, 1.807) is 60.7 Å². The third kappa shape index (κ3) is 4.64. The first-order valence-corrected chi connectivity index (χ1v) is 13.0. The largest absolute Gasteiger partial charge is 0.486 e. The average Bonchev–Trinajstić information content (AvgIpc) is 3.33. The zero-order chi connectivity index (χ0) is 28.4. The lowest BCUT2D eigenvalue weighted by atomic mass is 10.1. The van der Waals surface area contributed by atoms with Crippen molar-refractivity contribution in [1.82, 2.24) is 15.2 Å². The van der Waals surface area contributed by atoms with E-state index in [2.05, 4.69) is 22.8 Å². The third-order valence-corrected chi connectivity index (χ3v) is 7.24. The summed E-state index contributed by atoms with van der Waals surface area (Å²) in [6.45, 7) is 3.66. The van der Waals surface area contributed by atoms with Crippen LogP contribution in [0.3, 0.4) is 0 Å². The summed E-state index contributed by atoms with van der Waals surface area (Å²) in [4.78, 5) is 28.4. The van der Waals surface area contributed by atoms with Crippen molar-refractivity contribution in [1.29, 1.82) is 10.5 Å². The van der Waals surface area contributed by atoms with Crippen molar-refractivity contribution in [3.63, 3.8) is 0 Å². The van der Waals surface area contributed by atoms with Crippen molar-refractivity contribution in [3.8, 4) is 23.6 Å². The van der Waals surface area contributed by atoms with Gasteiger partial charge in [0.05, 0.1) is 35.0 Å². The Hall–Kier alpha value is -5.12. The van der Waals surface area contributed by atoms with Crippen molar-refractivity contribution in [3.05, 3.63) is 89.6 Å². The van der Waals surface area contributed by atoms with Gasteiger partial charge >= 0.3 is 0 Å². The third-order valence-electron chi connectivity index (χ3n) is 7.24. The summed E-state index contributed by atoms with van der Waals surface area (Å²) in [6, 6.07) is 24.9. The number of nitrogens with zero attached hydrogens (tertiary/aromatic N) is 4. The summed E-state index contributed by atoms with van der Waals surface area (Å²) in [5.41, 5.74) is 3.55. The zero-order valence-corrected chi connectivity index (χ0v) is 22.4. The number of aromatic nitrogens is 1. The fourth-order valence-electron chi connectivity index (χ4n) is 4.99. The summed E-state index contributed by atoms with van der Waals surface area (Å²) in [6.07, 6.45) is -0.615. The molecule has 2 N–H and O–H groups in total. The van der Waals surface area contributed by atoms with Gasteiger partial charge in [-0.2, -0.15) is 10.5 Å². The minimum absolute atomic E-state index is 0.173. The number of anilines is 1. The maximum atomic E-state index is 14.1. The van der Waals surface area contributed by atoms with E-state index in [1.165, 1.54) is 0 Å². The molecule has 0 saturated carbocycles. The molecule has 0 aliphatic carbocycles. The highest BCUT2D eigenvalue weighted by molar-refractivity contribution is 6.02. The molecule has 1 aliphatic heterocycles. The molecule has 2 amide bonds. The van der Waals surface area contributed by atoms with E-state index in [-0.39, 0.29) is 18.4 Å². The van der Waals surface area contributed by atoms with E-state index < -0.39 is 18.2 Å². The van der Waals surface area contributed by atoms with Crippen LogP contribution in [-0.4, -0.2) is 41.6 Å². The number of benzene rings is 3. The Kier molecular flexibility index (Phi) is 7.24. The molecule has 40 heavy (non-hydrogen) atoms. The molecule has 5 rings (SSSR count). The van der Waals surface area contributed by atoms with Gasteiger partial charge in [0.25, 0.3) is 5.91 Å². The zero-order valence-electron chi connectivity index (χ0n) is 22.4. The van der Waals surface area contributed by atoms with Gasteiger partial charge in [-0.05, 0) is 62.9 Å². The van der Waals surface area contributed by atoms with Gasteiger partial charge in [-0.25, -0.2) is 0 Å². The van der Waals surface area contributed by atoms with Crippen molar-refractivity contribution in [2.45, 2.75) is 38.6 Å². The predicted molar refractivity (Wildman–Crippen MR) is 151 cm³/mol. The molecule has 0 radical (unpaired) electrons. The molecule has 0 bridgehead atoms. The number of ether oxygens (including phenoxy) is 1. The summed E-state index contributed by atoms with van der Waals surface area (Å²) in [7, 11) is 1.68. The first-order valence-electron chi connectivity index (χ1n) is 13.0. The van der Waals surface area contributed by atoms with E-state index in [0.717, 1.165) is 16.5 Å². The van der Waals surface area contributed by atoms with Gasteiger partial charge in [-0.3, -0.25) is 14.2 Å². The Bertz CT molecular complexity index is 1700. The molecule has 0 unspecified atom stereocenters. The number of para-hydroxylation sites is 3. The van der Waals surface area contributed by atoms with Crippen LogP contribution >= 0.6 is 0 Å². The number of nitrogens with one attached hydrogen (secondary N) is 2. The molecule has 0 spiro atoms. The number of hydrogen-bond acceptors (Lipinski definition) is 6. The molecule has 4 aromatic rings. The molecule has 3 aromatic carbocycles. The van der Waals surface area contributed by atoms with Crippen molar-refractivity contribution in [2.24, 2.45) is 0 Å². The first-order chi connectivity index (χ1) is 19.4. The van der Waals surface area contributed by atoms with Crippen LogP contribution < -0.4 is 20.3 Å². The maximum Gasteiger partial charge on any atom is 0.253 e. The monoisotopic (exact) mass is 532 g/mol. The van der Waals surface area contributed by atoms with Gasteiger partial charge in [-0.1, -0.05) is 36.4 Å². The normalized spacial score (nSPS) is 17.2. The van der Waals surface area contributed by atoms with E-state index in [9.17, 15) is 20.1 Å².